The van der Waals surface area contributed by atoms with Crippen molar-refractivity contribution in [1.82, 2.24) is 13.0 Å². The number of aromatic amines is 1. The molecule has 2 unspecified atom stereocenters. The Morgan fingerprint density at radius 2 is 1.82 bits per heavy atom. The lowest BCUT2D eigenvalue weighted by molar-refractivity contribution is 0.0383. The van der Waals surface area contributed by atoms with E-state index in [1.54, 1.807) is 11.3 Å². The van der Waals surface area contributed by atoms with Gasteiger partial charge in [0.2, 0.25) is 0 Å². The molecule has 1 aliphatic carbocycles. The highest BCUT2D eigenvalue weighted by Crippen LogP contribution is 2.52. The number of H-pyrrole nitrogens is 1. The monoisotopic (exact) mass is 645 g/mol. The summed E-state index contributed by atoms with van der Waals surface area (Å²) in [5, 5.41) is 2.46. The summed E-state index contributed by atoms with van der Waals surface area (Å²) in [6, 6.07) is 30.1. The number of para-hydroxylation sites is 1. The van der Waals surface area contributed by atoms with Crippen molar-refractivity contribution in [3.8, 4) is 0 Å². The molecule has 0 saturated heterocycles. The third-order valence-corrected chi connectivity index (χ3v) is 11.1. The lowest BCUT2D eigenvalue weighted by Crippen LogP contribution is -2.48. The van der Waals surface area contributed by atoms with Crippen LogP contribution in [0.5, 0.6) is 0 Å². The second kappa shape index (κ2) is 10.1. The summed E-state index contributed by atoms with van der Waals surface area (Å²) >= 11 is 4.12. The predicted molar refractivity (Wildman–Crippen MR) is 169 cm³/mol. The predicted octanol–water partition coefficient (Wildman–Crippen LogP) is 8.49. The third kappa shape index (κ3) is 4.23. The molecule has 1 amide bonds. The minimum atomic E-state index is -0.0549. The fourth-order valence-electron chi connectivity index (χ4n) is 7.25. The summed E-state index contributed by atoms with van der Waals surface area (Å²) in [4.78, 5) is 21.2. The average molecular weight is 646 g/mol. The number of hydrogen-bond acceptors (Lipinski definition) is 3. The van der Waals surface area contributed by atoms with E-state index < -0.39 is 0 Å². The molecule has 3 atom stereocenters. The SMILES string of the molecule is CN(I)[C@@]1(c2ccccc2)CCCC(C2c3[nH]c4ccccc4c3CCN2C(=O)c2cc3ccccc3s2)C1. The van der Waals surface area contributed by atoms with Crippen molar-refractivity contribution in [2.75, 3.05) is 13.6 Å². The minimum absolute atomic E-state index is 0.0265. The second-order valence-corrected chi connectivity index (χ2v) is 13.7. The molecule has 1 N–H and O–H groups in total. The number of halogens is 1. The molecule has 198 valence electrons. The first kappa shape index (κ1) is 25.3. The van der Waals surface area contributed by atoms with Gasteiger partial charge in [0.05, 0.1) is 16.5 Å². The molecule has 1 saturated carbocycles. The van der Waals surface area contributed by atoms with Crippen LogP contribution in [-0.4, -0.2) is 32.5 Å². The van der Waals surface area contributed by atoms with Gasteiger partial charge in [0.15, 0.2) is 0 Å². The van der Waals surface area contributed by atoms with Crippen molar-refractivity contribution >= 4 is 61.1 Å². The molecule has 0 spiro atoms. The molecule has 3 heterocycles. The lowest BCUT2D eigenvalue weighted by atomic mass is 9.68. The van der Waals surface area contributed by atoms with Gasteiger partial charge in [-0.2, -0.15) is 0 Å². The van der Waals surface area contributed by atoms with Crippen LogP contribution < -0.4 is 0 Å². The number of benzene rings is 3. The topological polar surface area (TPSA) is 39.3 Å². The molecule has 7 rings (SSSR count). The van der Waals surface area contributed by atoms with Gasteiger partial charge in [-0.3, -0.25) is 4.79 Å². The molecule has 0 radical (unpaired) electrons. The van der Waals surface area contributed by atoms with Gasteiger partial charge in [0, 0.05) is 50.7 Å². The van der Waals surface area contributed by atoms with E-state index in [0.717, 1.165) is 48.9 Å². The van der Waals surface area contributed by atoms with Gasteiger partial charge in [-0.25, -0.2) is 3.11 Å². The van der Waals surface area contributed by atoms with Crippen molar-refractivity contribution in [2.24, 2.45) is 5.92 Å². The highest BCUT2D eigenvalue weighted by Gasteiger charge is 2.47. The van der Waals surface area contributed by atoms with Gasteiger partial charge < -0.3 is 9.88 Å². The molecule has 1 aliphatic heterocycles. The summed E-state index contributed by atoms with van der Waals surface area (Å²) in [7, 11) is 2.21. The molecule has 2 aliphatic rings. The zero-order chi connectivity index (χ0) is 26.6. The number of thiophene rings is 1. The molecule has 5 aromatic rings. The zero-order valence-corrected chi connectivity index (χ0v) is 25.0. The largest absolute Gasteiger partial charge is 0.356 e. The van der Waals surface area contributed by atoms with Gasteiger partial charge in [0.1, 0.15) is 0 Å². The highest BCUT2D eigenvalue weighted by atomic mass is 127. The number of carbonyl (C=O) groups is 1. The van der Waals surface area contributed by atoms with Crippen LogP contribution in [0.3, 0.4) is 0 Å². The van der Waals surface area contributed by atoms with Crippen LogP contribution in [-0.2, 0) is 12.0 Å². The van der Waals surface area contributed by atoms with E-state index in [-0.39, 0.29) is 17.5 Å². The van der Waals surface area contributed by atoms with Crippen LogP contribution in [0.15, 0.2) is 84.9 Å². The summed E-state index contributed by atoms with van der Waals surface area (Å²) in [5.74, 6) is 0.519. The molecule has 3 aromatic carbocycles. The Hall–Kier alpha value is -2.68. The smallest absolute Gasteiger partial charge is 0.264 e. The van der Waals surface area contributed by atoms with E-state index >= 15 is 0 Å². The molecule has 2 aromatic heterocycles. The van der Waals surface area contributed by atoms with Gasteiger partial charge in [-0.1, -0.05) is 73.2 Å². The Bertz CT molecular complexity index is 1620. The van der Waals surface area contributed by atoms with Crippen LogP contribution >= 0.6 is 34.2 Å². The fourth-order valence-corrected chi connectivity index (χ4v) is 8.98. The van der Waals surface area contributed by atoms with E-state index in [2.05, 4.69) is 128 Å². The van der Waals surface area contributed by atoms with Crippen molar-refractivity contribution in [1.29, 1.82) is 0 Å². The van der Waals surface area contributed by atoms with Crippen molar-refractivity contribution in [2.45, 2.75) is 43.7 Å². The van der Waals surface area contributed by atoms with Crippen LogP contribution in [0.1, 0.15) is 58.2 Å². The van der Waals surface area contributed by atoms with Gasteiger partial charge >= 0.3 is 0 Å². The van der Waals surface area contributed by atoms with E-state index in [9.17, 15) is 4.79 Å². The van der Waals surface area contributed by atoms with Crippen LogP contribution in [0.4, 0.5) is 0 Å². The number of nitrogens with one attached hydrogen (secondary N) is 1. The Kier molecular flexibility index (Phi) is 6.52. The highest BCUT2D eigenvalue weighted by molar-refractivity contribution is 14.1. The zero-order valence-electron chi connectivity index (χ0n) is 22.1. The van der Waals surface area contributed by atoms with Gasteiger partial charge in [-0.15, -0.1) is 11.3 Å². The van der Waals surface area contributed by atoms with Gasteiger partial charge in [-0.05, 0) is 73.4 Å². The Balaban J connectivity index is 1.34. The second-order valence-electron chi connectivity index (χ2n) is 11.1. The average Bonchev–Trinajstić information content (AvgIpc) is 3.58. The fraction of sp³-hybridized carbons (Fsp3) is 0.303. The maximum absolute atomic E-state index is 14.3. The Morgan fingerprint density at radius 1 is 1.05 bits per heavy atom. The lowest BCUT2D eigenvalue weighted by Gasteiger charge is -2.49. The molecule has 4 nitrogen and oxygen atoms in total. The van der Waals surface area contributed by atoms with Crippen molar-refractivity contribution in [3.63, 3.8) is 0 Å². The molecular formula is C33H32IN3OS. The molecular weight excluding hydrogens is 613 g/mol. The van der Waals surface area contributed by atoms with E-state index in [4.69, 9.17) is 0 Å². The standard InChI is InChI=1S/C33H32IN3OS/c1-36(34)33(24-12-3-2-4-13-24)18-9-11-23(21-33)31-30-26(25-14-6-7-15-27(25)35-30)17-19-37(31)32(38)29-20-22-10-5-8-16-28(22)39-29/h2-8,10,12-16,20,23,31,35H,9,11,17-19,21H2,1H3/t23?,31?,33-/m0/s1. The normalized spacial score (nSPS) is 23.4. The molecule has 6 heteroatoms. The Morgan fingerprint density at radius 3 is 2.64 bits per heavy atom. The van der Waals surface area contributed by atoms with E-state index in [1.807, 2.05) is 0 Å². The summed E-state index contributed by atoms with van der Waals surface area (Å²) in [6.45, 7) is 0.751. The number of amides is 1. The summed E-state index contributed by atoms with van der Waals surface area (Å²) in [5.41, 5.74) is 5.15. The van der Waals surface area contributed by atoms with E-state index in [1.165, 1.54) is 32.4 Å². The molecule has 0 bridgehead atoms. The maximum Gasteiger partial charge on any atom is 0.264 e. The Labute approximate surface area is 247 Å². The minimum Gasteiger partial charge on any atom is -0.356 e. The first-order valence-corrected chi connectivity index (χ1v) is 15.7. The maximum atomic E-state index is 14.3. The molecule has 1 fully saturated rings. The van der Waals surface area contributed by atoms with Crippen molar-refractivity contribution in [3.05, 3.63) is 107 Å². The number of carbonyl (C=O) groups excluding carboxylic acids is 1. The molecule has 39 heavy (non-hydrogen) atoms. The first-order chi connectivity index (χ1) is 19.0. The van der Waals surface area contributed by atoms with Gasteiger partial charge in [0.25, 0.3) is 5.91 Å². The van der Waals surface area contributed by atoms with Crippen LogP contribution in [0.2, 0.25) is 0 Å². The van der Waals surface area contributed by atoms with Crippen LogP contribution in [0, 0.1) is 5.92 Å². The van der Waals surface area contributed by atoms with Crippen LogP contribution in [0.25, 0.3) is 21.0 Å². The summed E-state index contributed by atoms with van der Waals surface area (Å²) in [6.07, 6.45) is 5.30. The quantitative estimate of drug-likeness (QED) is 0.157. The first-order valence-electron chi connectivity index (χ1n) is 13.9. The summed E-state index contributed by atoms with van der Waals surface area (Å²) < 4.78 is 3.58. The third-order valence-electron chi connectivity index (χ3n) is 9.09. The number of rotatable bonds is 4. The van der Waals surface area contributed by atoms with Crippen molar-refractivity contribution < 1.29 is 4.79 Å². The number of aromatic nitrogens is 1. The number of hydrogen-bond donors (Lipinski definition) is 1. The number of fused-ring (bicyclic) bond motifs is 4. The number of nitrogens with zero attached hydrogens (tertiary/aromatic N) is 2. The van der Waals surface area contributed by atoms with E-state index in [0.29, 0.717) is 5.92 Å².